The second-order valence-electron chi connectivity index (χ2n) is 7.13. The molecule has 2 aromatic carbocycles. The van der Waals surface area contributed by atoms with Gasteiger partial charge in [0.15, 0.2) is 0 Å². The molecule has 1 aliphatic carbocycles. The number of sulfonamides is 1. The van der Waals surface area contributed by atoms with Gasteiger partial charge >= 0.3 is 0 Å². The molecular formula is C20H22N4O5S. The van der Waals surface area contributed by atoms with Gasteiger partial charge in [-0.15, -0.1) is 0 Å². The molecule has 1 fully saturated rings. The number of anilines is 1. The monoisotopic (exact) mass is 430 g/mol. The van der Waals surface area contributed by atoms with Crippen LogP contribution in [0.5, 0.6) is 0 Å². The van der Waals surface area contributed by atoms with Gasteiger partial charge in [-0.25, -0.2) is 8.42 Å². The highest BCUT2D eigenvalue weighted by Gasteiger charge is 2.29. The van der Waals surface area contributed by atoms with Crippen molar-refractivity contribution in [2.24, 2.45) is 5.10 Å². The van der Waals surface area contributed by atoms with Crippen LogP contribution in [-0.2, 0) is 21.2 Å². The van der Waals surface area contributed by atoms with Crippen LogP contribution >= 0.6 is 0 Å². The molecule has 0 bridgehead atoms. The van der Waals surface area contributed by atoms with Crippen LogP contribution in [0.2, 0.25) is 0 Å². The van der Waals surface area contributed by atoms with Crippen LogP contribution in [0.3, 0.4) is 0 Å². The van der Waals surface area contributed by atoms with Crippen molar-refractivity contribution in [1.82, 2.24) is 4.31 Å². The van der Waals surface area contributed by atoms with Gasteiger partial charge in [-0.05, 0) is 37.0 Å². The molecule has 0 atom stereocenters. The Morgan fingerprint density at radius 1 is 1.10 bits per heavy atom. The zero-order chi connectivity index (χ0) is 21.1. The molecule has 30 heavy (non-hydrogen) atoms. The van der Waals surface area contributed by atoms with E-state index in [1.54, 1.807) is 0 Å². The van der Waals surface area contributed by atoms with E-state index < -0.39 is 14.9 Å². The first kappa shape index (κ1) is 20.5. The number of ether oxygens (including phenoxy) is 1. The minimum absolute atomic E-state index is 0.114. The highest BCUT2D eigenvalue weighted by Crippen LogP contribution is 2.30. The van der Waals surface area contributed by atoms with Crippen LogP contribution < -0.4 is 5.43 Å². The van der Waals surface area contributed by atoms with E-state index in [2.05, 4.69) is 16.6 Å². The van der Waals surface area contributed by atoms with Crippen molar-refractivity contribution < 1.29 is 18.1 Å². The number of hydrazone groups is 1. The Kier molecular flexibility index (Phi) is 5.80. The van der Waals surface area contributed by atoms with E-state index in [-0.39, 0.29) is 29.4 Å². The number of morpholine rings is 1. The highest BCUT2D eigenvalue weighted by molar-refractivity contribution is 7.89. The maximum atomic E-state index is 12.8. The fraction of sp³-hybridized carbons (Fsp3) is 0.350. The molecule has 1 N–H and O–H groups in total. The number of aryl methyl sites for hydroxylation is 1. The lowest BCUT2D eigenvalue weighted by Crippen LogP contribution is -2.40. The zero-order valence-corrected chi connectivity index (χ0v) is 17.1. The Balaban J connectivity index is 1.63. The van der Waals surface area contributed by atoms with Gasteiger partial charge in [-0.1, -0.05) is 24.3 Å². The third-order valence-corrected chi connectivity index (χ3v) is 7.17. The van der Waals surface area contributed by atoms with Gasteiger partial charge in [-0.3, -0.25) is 15.5 Å². The van der Waals surface area contributed by atoms with Crippen molar-refractivity contribution in [2.45, 2.75) is 24.2 Å². The number of benzene rings is 2. The van der Waals surface area contributed by atoms with E-state index in [4.69, 9.17) is 4.74 Å². The average Bonchev–Trinajstić information content (AvgIpc) is 2.78. The Morgan fingerprint density at radius 2 is 1.87 bits per heavy atom. The number of nitro benzene ring substituents is 1. The molecule has 0 radical (unpaired) electrons. The Hall–Kier alpha value is -2.82. The number of rotatable bonds is 5. The third kappa shape index (κ3) is 4.07. The predicted molar refractivity (Wildman–Crippen MR) is 112 cm³/mol. The van der Waals surface area contributed by atoms with Gasteiger partial charge < -0.3 is 4.74 Å². The molecule has 9 nitrogen and oxygen atoms in total. The fourth-order valence-corrected chi connectivity index (χ4v) is 5.13. The Bertz CT molecular complexity index is 1090. The predicted octanol–water partition coefficient (Wildman–Crippen LogP) is 2.77. The number of nitrogens with one attached hydrogen (secondary N) is 1. The minimum Gasteiger partial charge on any atom is -0.379 e. The maximum Gasteiger partial charge on any atom is 0.295 e. The Morgan fingerprint density at radius 3 is 2.63 bits per heavy atom. The summed E-state index contributed by atoms with van der Waals surface area (Å²) in [5.74, 6) is 0. The number of hydrogen-bond donors (Lipinski definition) is 1. The van der Waals surface area contributed by atoms with Crippen LogP contribution in [0.4, 0.5) is 11.4 Å². The van der Waals surface area contributed by atoms with E-state index in [1.165, 1.54) is 22.0 Å². The first-order valence-electron chi connectivity index (χ1n) is 9.74. The van der Waals surface area contributed by atoms with Crippen LogP contribution in [0.1, 0.15) is 24.0 Å². The summed E-state index contributed by atoms with van der Waals surface area (Å²) in [4.78, 5) is 10.9. The lowest BCUT2D eigenvalue weighted by molar-refractivity contribution is -0.384. The largest absolute Gasteiger partial charge is 0.379 e. The molecule has 0 amide bonds. The van der Waals surface area contributed by atoms with Gasteiger partial charge in [0.1, 0.15) is 5.69 Å². The van der Waals surface area contributed by atoms with Crippen molar-refractivity contribution in [3.63, 3.8) is 0 Å². The Labute approximate surface area is 174 Å². The van der Waals surface area contributed by atoms with E-state index in [9.17, 15) is 18.5 Å². The molecule has 0 saturated carbocycles. The normalized spacial score (nSPS) is 18.7. The molecule has 2 aliphatic rings. The maximum absolute atomic E-state index is 12.8. The van der Waals surface area contributed by atoms with E-state index in [0.29, 0.717) is 13.2 Å². The van der Waals surface area contributed by atoms with Crippen molar-refractivity contribution >= 4 is 27.1 Å². The topological polar surface area (TPSA) is 114 Å². The van der Waals surface area contributed by atoms with Crippen LogP contribution in [-0.4, -0.2) is 49.7 Å². The quantitative estimate of drug-likeness (QED) is 0.576. The SMILES string of the molecule is O=[N+]([O-])c1cc(S(=O)(=O)N2CCOCC2)ccc1NN=C1CCCc2ccccc21. The van der Waals surface area contributed by atoms with Gasteiger partial charge in [0.25, 0.3) is 5.69 Å². The number of nitrogens with zero attached hydrogens (tertiary/aromatic N) is 3. The lowest BCUT2D eigenvalue weighted by atomic mass is 9.90. The number of hydrogen-bond acceptors (Lipinski definition) is 7. The minimum atomic E-state index is -3.82. The van der Waals surface area contributed by atoms with Crippen LogP contribution in [0.25, 0.3) is 0 Å². The fourth-order valence-electron chi connectivity index (χ4n) is 3.70. The zero-order valence-electron chi connectivity index (χ0n) is 16.3. The number of nitro groups is 1. The van der Waals surface area contributed by atoms with Crippen LogP contribution in [0, 0.1) is 10.1 Å². The molecule has 4 rings (SSSR count). The van der Waals surface area contributed by atoms with Crippen molar-refractivity contribution in [2.75, 3.05) is 31.7 Å². The van der Waals surface area contributed by atoms with Crippen molar-refractivity contribution in [3.05, 3.63) is 63.7 Å². The molecule has 2 aromatic rings. The summed E-state index contributed by atoms with van der Waals surface area (Å²) in [5.41, 5.74) is 5.66. The van der Waals surface area contributed by atoms with E-state index in [1.807, 2.05) is 18.2 Å². The van der Waals surface area contributed by atoms with E-state index >= 15 is 0 Å². The summed E-state index contributed by atoms with van der Waals surface area (Å²) in [6, 6.07) is 11.8. The van der Waals surface area contributed by atoms with Crippen LogP contribution in [0.15, 0.2) is 52.5 Å². The molecule has 0 aromatic heterocycles. The molecule has 1 aliphatic heterocycles. The molecule has 1 saturated heterocycles. The summed E-state index contributed by atoms with van der Waals surface area (Å²) in [6.45, 7) is 1.06. The van der Waals surface area contributed by atoms with Crippen molar-refractivity contribution in [3.8, 4) is 0 Å². The second kappa shape index (κ2) is 8.50. The van der Waals surface area contributed by atoms with E-state index in [0.717, 1.165) is 36.6 Å². The molecule has 0 spiro atoms. The van der Waals surface area contributed by atoms with Crippen molar-refractivity contribution in [1.29, 1.82) is 0 Å². The summed E-state index contributed by atoms with van der Waals surface area (Å²) in [5, 5.41) is 16.0. The van der Waals surface area contributed by atoms with Gasteiger partial charge in [-0.2, -0.15) is 9.41 Å². The van der Waals surface area contributed by atoms with Gasteiger partial charge in [0, 0.05) is 24.7 Å². The summed E-state index contributed by atoms with van der Waals surface area (Å²) in [6.07, 6.45) is 2.70. The molecule has 0 unspecified atom stereocenters. The summed E-state index contributed by atoms with van der Waals surface area (Å²) < 4.78 is 32.1. The molecule has 1 heterocycles. The van der Waals surface area contributed by atoms with Gasteiger partial charge in [0.2, 0.25) is 10.0 Å². The summed E-state index contributed by atoms with van der Waals surface area (Å²) in [7, 11) is -3.82. The second-order valence-corrected chi connectivity index (χ2v) is 9.07. The standard InChI is InChI=1S/C20H22N4O5S/c25-24(26)20-14-16(30(27,28)23-10-12-29-13-11-23)8-9-19(20)22-21-18-7-3-5-15-4-1-2-6-17(15)18/h1-2,4,6,8-9,14,22H,3,5,7,10-13H2. The highest BCUT2D eigenvalue weighted by atomic mass is 32.2. The molecule has 10 heteroatoms. The number of fused-ring (bicyclic) bond motifs is 1. The smallest absolute Gasteiger partial charge is 0.295 e. The first-order valence-corrected chi connectivity index (χ1v) is 11.2. The first-order chi connectivity index (χ1) is 14.5. The summed E-state index contributed by atoms with van der Waals surface area (Å²) >= 11 is 0. The molecule has 158 valence electrons. The van der Waals surface area contributed by atoms with Gasteiger partial charge in [0.05, 0.1) is 28.7 Å². The third-order valence-electron chi connectivity index (χ3n) is 5.27. The average molecular weight is 430 g/mol. The molecular weight excluding hydrogens is 408 g/mol. The lowest BCUT2D eigenvalue weighted by Gasteiger charge is -2.26.